The number of esters is 1. The molecule has 1 unspecified atom stereocenters. The Morgan fingerprint density at radius 2 is 2.05 bits per heavy atom. The molecule has 1 rings (SSSR count). The fourth-order valence-corrected chi connectivity index (χ4v) is 1.83. The molecule has 20 heavy (non-hydrogen) atoms. The number of hydrogen-bond donors (Lipinski definition) is 1. The molecule has 6 heteroatoms. The monoisotopic (exact) mass is 285 g/mol. The molecular weight excluding hydrogens is 262 g/mol. The normalized spacial score (nSPS) is 18.6. The summed E-state index contributed by atoms with van der Waals surface area (Å²) in [4.78, 5) is 24.9. The van der Waals surface area contributed by atoms with Gasteiger partial charge in [0, 0.05) is 31.3 Å². The van der Waals surface area contributed by atoms with Crippen LogP contribution in [0.2, 0.25) is 0 Å². The molecule has 114 valence electrons. The lowest BCUT2D eigenvalue weighted by Gasteiger charge is -2.26. The molecule has 1 heterocycles. The van der Waals surface area contributed by atoms with E-state index in [-0.39, 0.29) is 11.7 Å². The van der Waals surface area contributed by atoms with E-state index >= 15 is 0 Å². The van der Waals surface area contributed by atoms with Gasteiger partial charge in [0.2, 0.25) is 0 Å². The highest BCUT2D eigenvalue weighted by Crippen LogP contribution is 2.10. The van der Waals surface area contributed by atoms with E-state index in [2.05, 4.69) is 4.90 Å². The maximum absolute atomic E-state index is 11.9. The van der Waals surface area contributed by atoms with Crippen molar-refractivity contribution in [3.05, 3.63) is 11.6 Å². The lowest BCUT2D eigenvalue weighted by atomic mass is 10.1. The minimum absolute atomic E-state index is 0.205. The summed E-state index contributed by atoms with van der Waals surface area (Å²) in [5, 5.41) is 8.84. The molecule has 6 nitrogen and oxygen atoms in total. The van der Waals surface area contributed by atoms with Gasteiger partial charge < -0.3 is 14.6 Å². The van der Waals surface area contributed by atoms with Crippen LogP contribution >= 0.6 is 0 Å². The quantitative estimate of drug-likeness (QED) is 0.557. The maximum atomic E-state index is 11.9. The molecule has 0 aliphatic carbocycles. The average molecular weight is 285 g/mol. The van der Waals surface area contributed by atoms with Crippen LogP contribution in [0.5, 0.6) is 0 Å². The number of aliphatic carboxylic acids is 1. The van der Waals surface area contributed by atoms with Crippen molar-refractivity contribution in [2.45, 2.75) is 32.8 Å². The molecule has 0 aromatic heterocycles. The van der Waals surface area contributed by atoms with Gasteiger partial charge in [-0.3, -0.25) is 4.90 Å². The first-order chi connectivity index (χ1) is 9.52. The van der Waals surface area contributed by atoms with Crippen molar-refractivity contribution in [3.63, 3.8) is 0 Å². The molecule has 1 aliphatic rings. The van der Waals surface area contributed by atoms with Crippen molar-refractivity contribution in [1.82, 2.24) is 4.90 Å². The van der Waals surface area contributed by atoms with Gasteiger partial charge >= 0.3 is 11.9 Å². The van der Waals surface area contributed by atoms with Crippen LogP contribution in [0.1, 0.15) is 26.7 Å². The van der Waals surface area contributed by atoms with Crippen molar-refractivity contribution >= 4 is 11.9 Å². The van der Waals surface area contributed by atoms with Crippen LogP contribution in [0.4, 0.5) is 0 Å². The third kappa shape index (κ3) is 6.16. The fraction of sp³-hybridized carbons (Fsp3) is 0.714. The summed E-state index contributed by atoms with van der Waals surface area (Å²) in [6, 6.07) is 0. The Hall–Kier alpha value is -1.40. The second kappa shape index (κ2) is 8.71. The van der Waals surface area contributed by atoms with E-state index in [0.717, 1.165) is 19.2 Å². The molecule has 0 radical (unpaired) electrons. The first-order valence-electron chi connectivity index (χ1n) is 6.97. The summed E-state index contributed by atoms with van der Waals surface area (Å²) in [5.41, 5.74) is 0.212. The zero-order chi connectivity index (χ0) is 15.0. The Bertz CT molecular complexity index is 361. The van der Waals surface area contributed by atoms with Gasteiger partial charge in [-0.15, -0.1) is 0 Å². The van der Waals surface area contributed by atoms with Gasteiger partial charge in [-0.2, -0.15) is 0 Å². The first kappa shape index (κ1) is 16.7. The van der Waals surface area contributed by atoms with Gasteiger partial charge in [0.25, 0.3) is 0 Å². The van der Waals surface area contributed by atoms with Crippen LogP contribution in [0, 0.1) is 0 Å². The summed E-state index contributed by atoms with van der Waals surface area (Å²) < 4.78 is 10.4. The molecule has 1 atom stereocenters. The van der Waals surface area contributed by atoms with E-state index in [9.17, 15) is 9.59 Å². The van der Waals surface area contributed by atoms with Crippen LogP contribution < -0.4 is 0 Å². The van der Waals surface area contributed by atoms with E-state index in [1.165, 1.54) is 0 Å². The van der Waals surface area contributed by atoms with E-state index in [0.29, 0.717) is 32.6 Å². The number of ether oxygens (including phenoxy) is 2. The van der Waals surface area contributed by atoms with Gasteiger partial charge in [-0.05, 0) is 19.8 Å². The molecule has 0 saturated carbocycles. The van der Waals surface area contributed by atoms with Crippen LogP contribution in [-0.2, 0) is 19.1 Å². The predicted octanol–water partition coefficient (Wildman–Crippen LogP) is 1.06. The standard InChI is InChI=1S/C14H23NO5/c1-3-11(2)20-14(18)12(10-13(16)17)4-5-15-6-8-19-9-7-15/h10-11H,3-9H2,1-2H3,(H,16,17)/b12-10+. The molecule has 0 amide bonds. The average Bonchev–Trinajstić information content (AvgIpc) is 2.43. The molecular formula is C14H23NO5. The van der Waals surface area contributed by atoms with Crippen LogP contribution in [-0.4, -0.2) is 60.9 Å². The van der Waals surface area contributed by atoms with Crippen molar-refractivity contribution in [2.24, 2.45) is 0 Å². The Labute approximate surface area is 119 Å². The number of carboxylic acid groups (broad SMARTS) is 1. The molecule has 0 aromatic carbocycles. The highest BCUT2D eigenvalue weighted by atomic mass is 16.5. The van der Waals surface area contributed by atoms with Crippen molar-refractivity contribution < 1.29 is 24.2 Å². The summed E-state index contributed by atoms with van der Waals surface area (Å²) in [6.07, 6.45) is 1.82. The molecule has 0 spiro atoms. The second-order valence-corrected chi connectivity index (χ2v) is 4.84. The molecule has 1 saturated heterocycles. The molecule has 1 N–H and O–H groups in total. The van der Waals surface area contributed by atoms with E-state index < -0.39 is 11.9 Å². The van der Waals surface area contributed by atoms with Gasteiger partial charge in [0.15, 0.2) is 0 Å². The largest absolute Gasteiger partial charge is 0.478 e. The number of carbonyl (C=O) groups excluding carboxylic acids is 1. The Morgan fingerprint density at radius 3 is 2.60 bits per heavy atom. The maximum Gasteiger partial charge on any atom is 0.334 e. The Kier molecular flexibility index (Phi) is 7.25. The third-order valence-electron chi connectivity index (χ3n) is 3.24. The number of morpholine rings is 1. The second-order valence-electron chi connectivity index (χ2n) is 4.84. The summed E-state index contributed by atoms with van der Waals surface area (Å²) in [7, 11) is 0. The summed E-state index contributed by atoms with van der Waals surface area (Å²) in [6.45, 7) is 7.30. The molecule has 0 aromatic rings. The van der Waals surface area contributed by atoms with Gasteiger partial charge in [-0.1, -0.05) is 6.92 Å². The van der Waals surface area contributed by atoms with Crippen molar-refractivity contribution in [3.8, 4) is 0 Å². The molecule has 1 aliphatic heterocycles. The zero-order valence-electron chi connectivity index (χ0n) is 12.1. The number of carboxylic acids is 1. The molecule has 1 fully saturated rings. The zero-order valence-corrected chi connectivity index (χ0v) is 12.1. The van der Waals surface area contributed by atoms with Gasteiger partial charge in [0.05, 0.1) is 19.3 Å². The number of rotatable bonds is 7. The van der Waals surface area contributed by atoms with Crippen LogP contribution in [0.25, 0.3) is 0 Å². The highest BCUT2D eigenvalue weighted by Gasteiger charge is 2.18. The molecule has 0 bridgehead atoms. The predicted molar refractivity (Wildman–Crippen MR) is 73.4 cm³/mol. The Balaban J connectivity index is 2.55. The summed E-state index contributed by atoms with van der Waals surface area (Å²) in [5.74, 6) is -1.65. The summed E-state index contributed by atoms with van der Waals surface area (Å²) >= 11 is 0. The minimum Gasteiger partial charge on any atom is -0.478 e. The third-order valence-corrected chi connectivity index (χ3v) is 3.24. The van der Waals surface area contributed by atoms with Crippen LogP contribution in [0.3, 0.4) is 0 Å². The number of carbonyl (C=O) groups is 2. The Morgan fingerprint density at radius 1 is 1.40 bits per heavy atom. The van der Waals surface area contributed by atoms with Crippen molar-refractivity contribution in [2.75, 3.05) is 32.8 Å². The SMILES string of the molecule is CCC(C)OC(=O)/C(=C/C(=O)O)CCN1CCOCC1. The van der Waals surface area contributed by atoms with E-state index in [4.69, 9.17) is 14.6 Å². The van der Waals surface area contributed by atoms with Gasteiger partial charge in [-0.25, -0.2) is 9.59 Å². The first-order valence-corrected chi connectivity index (χ1v) is 6.97. The minimum atomic E-state index is -1.12. The fourth-order valence-electron chi connectivity index (χ4n) is 1.83. The lowest BCUT2D eigenvalue weighted by Crippen LogP contribution is -2.37. The van der Waals surface area contributed by atoms with E-state index in [1.807, 2.05) is 6.92 Å². The number of nitrogens with zero attached hydrogens (tertiary/aromatic N) is 1. The number of hydrogen-bond acceptors (Lipinski definition) is 5. The smallest absolute Gasteiger partial charge is 0.334 e. The highest BCUT2D eigenvalue weighted by molar-refractivity contribution is 5.95. The van der Waals surface area contributed by atoms with Crippen LogP contribution in [0.15, 0.2) is 11.6 Å². The van der Waals surface area contributed by atoms with Crippen molar-refractivity contribution in [1.29, 1.82) is 0 Å². The van der Waals surface area contributed by atoms with E-state index in [1.54, 1.807) is 6.92 Å². The van der Waals surface area contributed by atoms with Gasteiger partial charge in [0.1, 0.15) is 0 Å². The topological polar surface area (TPSA) is 76.1 Å². The lowest BCUT2D eigenvalue weighted by molar-refractivity contribution is -0.144.